The summed E-state index contributed by atoms with van der Waals surface area (Å²) in [5.74, 6) is 0.0720. The SMILES string of the molecule is CC(C)(O)COC(O)OCC1c2ccccc2-c2ccccc21. The maximum Gasteiger partial charge on any atom is 0.269 e. The van der Waals surface area contributed by atoms with Crippen molar-refractivity contribution < 1.29 is 19.7 Å². The largest absolute Gasteiger partial charge is 0.388 e. The van der Waals surface area contributed by atoms with Gasteiger partial charge < -0.3 is 19.7 Å². The third kappa shape index (κ3) is 3.62. The third-order valence-corrected chi connectivity index (χ3v) is 3.95. The van der Waals surface area contributed by atoms with Crippen LogP contribution < -0.4 is 0 Å². The average Bonchev–Trinajstić information content (AvgIpc) is 2.84. The van der Waals surface area contributed by atoms with Gasteiger partial charge in [0.05, 0.1) is 18.8 Å². The monoisotopic (exact) mass is 314 g/mol. The first kappa shape index (κ1) is 16.1. The molecule has 2 N–H and O–H groups in total. The fourth-order valence-electron chi connectivity index (χ4n) is 2.94. The van der Waals surface area contributed by atoms with Gasteiger partial charge in [-0.15, -0.1) is 0 Å². The van der Waals surface area contributed by atoms with Gasteiger partial charge in [0.25, 0.3) is 6.48 Å². The van der Waals surface area contributed by atoms with E-state index in [1.165, 1.54) is 22.3 Å². The van der Waals surface area contributed by atoms with Crippen LogP contribution in [0.3, 0.4) is 0 Å². The standard InChI is InChI=1S/C19H22O4/c1-19(2,21)12-23-18(20)22-11-17-15-9-5-3-7-13(15)14-8-4-6-10-16(14)17/h3-10,17-18,20-21H,11-12H2,1-2H3. The Bertz CT molecular complexity index is 630. The molecule has 1 aliphatic carbocycles. The maximum absolute atomic E-state index is 9.81. The number of rotatable bonds is 6. The highest BCUT2D eigenvalue weighted by molar-refractivity contribution is 5.78. The molecule has 0 amide bonds. The number of aliphatic hydroxyl groups is 2. The molecule has 1 unspecified atom stereocenters. The molecule has 0 heterocycles. The highest BCUT2D eigenvalue weighted by atomic mass is 16.8. The van der Waals surface area contributed by atoms with E-state index in [4.69, 9.17) is 9.47 Å². The predicted octanol–water partition coefficient (Wildman–Crippen LogP) is 2.88. The highest BCUT2D eigenvalue weighted by Gasteiger charge is 2.29. The Morgan fingerprint density at radius 3 is 2.00 bits per heavy atom. The van der Waals surface area contributed by atoms with Crippen molar-refractivity contribution in [3.05, 3.63) is 59.7 Å². The number of hydrogen-bond donors (Lipinski definition) is 2. The average molecular weight is 314 g/mol. The molecule has 122 valence electrons. The Hall–Kier alpha value is -1.72. The van der Waals surface area contributed by atoms with Gasteiger partial charge in [0.15, 0.2) is 0 Å². The van der Waals surface area contributed by atoms with Crippen LogP contribution in [0, 0.1) is 0 Å². The summed E-state index contributed by atoms with van der Waals surface area (Å²) in [5, 5.41) is 19.4. The zero-order valence-electron chi connectivity index (χ0n) is 13.4. The topological polar surface area (TPSA) is 58.9 Å². The van der Waals surface area contributed by atoms with Gasteiger partial charge >= 0.3 is 0 Å². The van der Waals surface area contributed by atoms with Gasteiger partial charge in [0.1, 0.15) is 0 Å². The molecule has 2 aromatic rings. The minimum absolute atomic E-state index is 0.00596. The molecule has 0 aromatic heterocycles. The first-order valence-electron chi connectivity index (χ1n) is 7.77. The number of aliphatic hydroxyl groups excluding tert-OH is 1. The highest BCUT2D eigenvalue weighted by Crippen LogP contribution is 2.44. The van der Waals surface area contributed by atoms with Gasteiger partial charge in [-0.05, 0) is 36.1 Å². The lowest BCUT2D eigenvalue weighted by Crippen LogP contribution is -2.31. The van der Waals surface area contributed by atoms with E-state index in [0.717, 1.165) is 0 Å². The molecule has 1 atom stereocenters. The summed E-state index contributed by atoms with van der Waals surface area (Å²) in [7, 11) is 0. The van der Waals surface area contributed by atoms with Gasteiger partial charge in [0, 0.05) is 5.92 Å². The summed E-state index contributed by atoms with van der Waals surface area (Å²) in [6.07, 6.45) is 0. The molecule has 2 aromatic carbocycles. The molecule has 0 saturated carbocycles. The zero-order chi connectivity index (χ0) is 16.4. The van der Waals surface area contributed by atoms with E-state index < -0.39 is 12.1 Å². The van der Waals surface area contributed by atoms with Crippen LogP contribution >= 0.6 is 0 Å². The first-order chi connectivity index (χ1) is 11.0. The van der Waals surface area contributed by atoms with Crippen LogP contribution in [0.1, 0.15) is 30.9 Å². The zero-order valence-corrected chi connectivity index (χ0v) is 13.4. The predicted molar refractivity (Wildman–Crippen MR) is 87.9 cm³/mol. The van der Waals surface area contributed by atoms with E-state index in [2.05, 4.69) is 24.3 Å². The summed E-state index contributed by atoms with van der Waals surface area (Å²) in [4.78, 5) is 0. The van der Waals surface area contributed by atoms with Crippen molar-refractivity contribution >= 4 is 0 Å². The maximum atomic E-state index is 9.81. The summed E-state index contributed by atoms with van der Waals surface area (Å²) >= 11 is 0. The van der Waals surface area contributed by atoms with E-state index in [9.17, 15) is 10.2 Å². The molecular weight excluding hydrogens is 292 g/mol. The Kier molecular flexibility index (Phi) is 4.50. The Labute approximate surface area is 136 Å². The lowest BCUT2D eigenvalue weighted by atomic mass is 9.98. The van der Waals surface area contributed by atoms with Crippen molar-refractivity contribution in [2.45, 2.75) is 31.8 Å². The Morgan fingerprint density at radius 1 is 0.957 bits per heavy atom. The fourth-order valence-corrected chi connectivity index (χ4v) is 2.94. The third-order valence-electron chi connectivity index (χ3n) is 3.95. The minimum atomic E-state index is -1.35. The summed E-state index contributed by atoms with van der Waals surface area (Å²) in [6, 6.07) is 16.5. The molecule has 3 rings (SSSR count). The van der Waals surface area contributed by atoms with E-state index in [0.29, 0.717) is 6.61 Å². The molecule has 4 heteroatoms. The number of ether oxygens (including phenoxy) is 2. The van der Waals surface area contributed by atoms with E-state index in [1.807, 2.05) is 24.3 Å². The number of fused-ring (bicyclic) bond motifs is 3. The fraction of sp³-hybridized carbons (Fsp3) is 0.368. The molecule has 0 spiro atoms. The molecule has 0 saturated heterocycles. The molecule has 0 aliphatic heterocycles. The van der Waals surface area contributed by atoms with Crippen LogP contribution in [0.15, 0.2) is 48.5 Å². The van der Waals surface area contributed by atoms with Crippen LogP contribution in [0.5, 0.6) is 0 Å². The van der Waals surface area contributed by atoms with Gasteiger partial charge in [-0.3, -0.25) is 0 Å². The van der Waals surface area contributed by atoms with Crippen molar-refractivity contribution in [1.82, 2.24) is 0 Å². The number of hydrogen-bond acceptors (Lipinski definition) is 4. The molecule has 23 heavy (non-hydrogen) atoms. The molecule has 0 fully saturated rings. The van der Waals surface area contributed by atoms with Gasteiger partial charge in [-0.1, -0.05) is 48.5 Å². The molecule has 4 nitrogen and oxygen atoms in total. The lowest BCUT2D eigenvalue weighted by Gasteiger charge is -2.21. The van der Waals surface area contributed by atoms with Crippen molar-refractivity contribution in [2.75, 3.05) is 13.2 Å². The van der Waals surface area contributed by atoms with Crippen molar-refractivity contribution in [1.29, 1.82) is 0 Å². The summed E-state index contributed by atoms with van der Waals surface area (Å²) in [6.45, 7) is 2.21. The first-order valence-corrected chi connectivity index (χ1v) is 7.77. The van der Waals surface area contributed by atoms with Crippen LogP contribution in [0.25, 0.3) is 11.1 Å². The normalized spacial score (nSPS) is 15.3. The lowest BCUT2D eigenvalue weighted by molar-refractivity contribution is -0.276. The van der Waals surface area contributed by atoms with E-state index >= 15 is 0 Å². The molecule has 1 aliphatic rings. The smallest absolute Gasteiger partial charge is 0.269 e. The number of benzene rings is 2. The Balaban J connectivity index is 1.71. The van der Waals surface area contributed by atoms with Crippen LogP contribution in [0.2, 0.25) is 0 Å². The van der Waals surface area contributed by atoms with Crippen LogP contribution in [-0.4, -0.2) is 35.5 Å². The molecule has 0 radical (unpaired) electrons. The molecule has 0 bridgehead atoms. The van der Waals surface area contributed by atoms with Crippen LogP contribution in [-0.2, 0) is 9.47 Å². The van der Waals surface area contributed by atoms with Crippen LogP contribution in [0.4, 0.5) is 0 Å². The van der Waals surface area contributed by atoms with Gasteiger partial charge in [-0.25, -0.2) is 0 Å². The van der Waals surface area contributed by atoms with Gasteiger partial charge in [-0.2, -0.15) is 0 Å². The van der Waals surface area contributed by atoms with Crippen molar-refractivity contribution in [3.63, 3.8) is 0 Å². The van der Waals surface area contributed by atoms with E-state index in [1.54, 1.807) is 13.8 Å². The Morgan fingerprint density at radius 2 is 1.48 bits per heavy atom. The van der Waals surface area contributed by atoms with E-state index in [-0.39, 0.29) is 12.5 Å². The summed E-state index contributed by atoms with van der Waals surface area (Å²) in [5.41, 5.74) is 3.82. The van der Waals surface area contributed by atoms with Crippen molar-refractivity contribution in [3.8, 4) is 11.1 Å². The second-order valence-electron chi connectivity index (χ2n) is 6.49. The van der Waals surface area contributed by atoms with Gasteiger partial charge in [0.2, 0.25) is 0 Å². The second-order valence-corrected chi connectivity index (χ2v) is 6.49. The second kappa shape index (κ2) is 6.42. The quantitative estimate of drug-likeness (QED) is 0.805. The minimum Gasteiger partial charge on any atom is -0.388 e. The summed E-state index contributed by atoms with van der Waals surface area (Å²) < 4.78 is 10.6. The van der Waals surface area contributed by atoms with Crippen molar-refractivity contribution in [2.24, 2.45) is 0 Å². The molecular formula is C19H22O4.